The minimum absolute atomic E-state index is 0.135. The summed E-state index contributed by atoms with van der Waals surface area (Å²) in [7, 11) is 0. The lowest BCUT2D eigenvalue weighted by molar-refractivity contribution is 0.0501. The number of rotatable bonds is 4. The zero-order valence-corrected chi connectivity index (χ0v) is 9.66. The van der Waals surface area contributed by atoms with E-state index in [-0.39, 0.29) is 11.9 Å². The molecule has 1 aromatic heterocycles. The highest BCUT2D eigenvalue weighted by molar-refractivity contribution is 5.91. The normalized spacial score (nSPS) is 10.7. The molecular weight excluding hydrogens is 194 g/mol. The molecule has 0 saturated carbocycles. The number of esters is 1. The third kappa shape index (κ3) is 2.58. The van der Waals surface area contributed by atoms with Crippen molar-refractivity contribution in [2.75, 3.05) is 6.61 Å². The van der Waals surface area contributed by atoms with E-state index in [4.69, 9.17) is 9.26 Å². The molecule has 0 radical (unpaired) electrons. The van der Waals surface area contributed by atoms with Crippen molar-refractivity contribution < 1.29 is 14.1 Å². The molecular formula is C11H17NO3. The third-order valence-electron chi connectivity index (χ3n) is 2.05. The highest BCUT2D eigenvalue weighted by Crippen LogP contribution is 2.22. The molecule has 84 valence electrons. The molecule has 4 heteroatoms. The van der Waals surface area contributed by atoms with Crippen LogP contribution in [-0.2, 0) is 4.74 Å². The average molecular weight is 211 g/mol. The van der Waals surface area contributed by atoms with Crippen LogP contribution in [-0.4, -0.2) is 17.7 Å². The van der Waals surface area contributed by atoms with Crippen molar-refractivity contribution in [2.45, 2.75) is 40.0 Å². The van der Waals surface area contributed by atoms with Crippen LogP contribution >= 0.6 is 0 Å². The van der Waals surface area contributed by atoms with Gasteiger partial charge in [0.1, 0.15) is 5.56 Å². The van der Waals surface area contributed by atoms with Crippen molar-refractivity contribution in [3.63, 3.8) is 0 Å². The third-order valence-corrected chi connectivity index (χ3v) is 2.05. The van der Waals surface area contributed by atoms with Crippen molar-refractivity contribution in [1.82, 2.24) is 5.16 Å². The molecule has 1 heterocycles. The SMILES string of the molecule is CCCOC(=O)c1c(C)noc1C(C)C. The first-order chi connectivity index (χ1) is 7.07. The molecule has 1 aromatic rings. The molecule has 0 spiro atoms. The van der Waals surface area contributed by atoms with Crippen molar-refractivity contribution >= 4 is 5.97 Å². The topological polar surface area (TPSA) is 52.3 Å². The standard InChI is InChI=1S/C11H17NO3/c1-5-6-14-11(13)9-8(4)12-15-10(9)7(2)3/h7H,5-6H2,1-4H3. The van der Waals surface area contributed by atoms with Gasteiger partial charge in [-0.25, -0.2) is 4.79 Å². The van der Waals surface area contributed by atoms with Crippen LogP contribution in [0.4, 0.5) is 0 Å². The fraction of sp³-hybridized carbons (Fsp3) is 0.636. The maximum absolute atomic E-state index is 11.7. The number of ether oxygens (including phenoxy) is 1. The molecule has 0 aliphatic carbocycles. The number of aromatic nitrogens is 1. The number of nitrogens with zero attached hydrogens (tertiary/aromatic N) is 1. The summed E-state index contributed by atoms with van der Waals surface area (Å²) in [6.45, 7) is 8.04. The Morgan fingerprint density at radius 3 is 2.73 bits per heavy atom. The van der Waals surface area contributed by atoms with Crippen molar-refractivity contribution in [3.8, 4) is 0 Å². The van der Waals surface area contributed by atoms with Gasteiger partial charge in [-0.2, -0.15) is 0 Å². The lowest BCUT2D eigenvalue weighted by Gasteiger charge is -2.04. The summed E-state index contributed by atoms with van der Waals surface area (Å²) in [5.41, 5.74) is 1.08. The molecule has 1 rings (SSSR count). The van der Waals surface area contributed by atoms with E-state index in [0.717, 1.165) is 6.42 Å². The Kier molecular flexibility index (Phi) is 3.88. The van der Waals surface area contributed by atoms with Crippen LogP contribution < -0.4 is 0 Å². The highest BCUT2D eigenvalue weighted by atomic mass is 16.5. The van der Waals surface area contributed by atoms with Gasteiger partial charge in [0, 0.05) is 5.92 Å². The second-order valence-corrected chi connectivity index (χ2v) is 3.80. The van der Waals surface area contributed by atoms with Crippen LogP contribution in [0.2, 0.25) is 0 Å². The molecule has 0 bridgehead atoms. The lowest BCUT2D eigenvalue weighted by atomic mass is 10.1. The lowest BCUT2D eigenvalue weighted by Crippen LogP contribution is -2.09. The Balaban J connectivity index is 2.91. The van der Waals surface area contributed by atoms with E-state index in [0.29, 0.717) is 23.6 Å². The van der Waals surface area contributed by atoms with Gasteiger partial charge in [-0.05, 0) is 13.3 Å². The first-order valence-electron chi connectivity index (χ1n) is 5.21. The molecule has 15 heavy (non-hydrogen) atoms. The molecule has 0 unspecified atom stereocenters. The minimum atomic E-state index is -0.334. The largest absolute Gasteiger partial charge is 0.462 e. The average Bonchev–Trinajstić information content (AvgIpc) is 2.56. The van der Waals surface area contributed by atoms with E-state index in [1.165, 1.54) is 0 Å². The maximum Gasteiger partial charge on any atom is 0.343 e. The van der Waals surface area contributed by atoms with Crippen LogP contribution in [0.25, 0.3) is 0 Å². The Hall–Kier alpha value is -1.32. The number of hydrogen-bond donors (Lipinski definition) is 0. The van der Waals surface area contributed by atoms with E-state index in [1.54, 1.807) is 6.92 Å². The van der Waals surface area contributed by atoms with Gasteiger partial charge < -0.3 is 9.26 Å². The second kappa shape index (κ2) is 4.96. The molecule has 0 saturated heterocycles. The predicted octanol–water partition coefficient (Wildman–Crippen LogP) is 2.67. The molecule has 0 N–H and O–H groups in total. The zero-order chi connectivity index (χ0) is 11.4. The Morgan fingerprint density at radius 2 is 2.20 bits per heavy atom. The Bertz CT molecular complexity index is 342. The number of aryl methyl sites for hydroxylation is 1. The van der Waals surface area contributed by atoms with Crippen LogP contribution in [0.3, 0.4) is 0 Å². The molecule has 4 nitrogen and oxygen atoms in total. The van der Waals surface area contributed by atoms with Gasteiger partial charge in [0.05, 0.1) is 12.3 Å². The van der Waals surface area contributed by atoms with Crippen LogP contribution in [0.5, 0.6) is 0 Å². The van der Waals surface area contributed by atoms with Gasteiger partial charge in [-0.15, -0.1) is 0 Å². The number of carbonyl (C=O) groups excluding carboxylic acids is 1. The molecule has 0 aromatic carbocycles. The first-order valence-corrected chi connectivity index (χ1v) is 5.21. The van der Waals surface area contributed by atoms with Gasteiger partial charge in [0.15, 0.2) is 5.76 Å². The summed E-state index contributed by atoms with van der Waals surface area (Å²) in [4.78, 5) is 11.7. The van der Waals surface area contributed by atoms with E-state index in [2.05, 4.69) is 5.16 Å². The van der Waals surface area contributed by atoms with Gasteiger partial charge in [-0.1, -0.05) is 25.9 Å². The smallest absolute Gasteiger partial charge is 0.343 e. The van der Waals surface area contributed by atoms with Crippen molar-refractivity contribution in [2.24, 2.45) is 0 Å². The summed E-state index contributed by atoms with van der Waals surface area (Å²) >= 11 is 0. The van der Waals surface area contributed by atoms with Gasteiger partial charge in [-0.3, -0.25) is 0 Å². The fourth-order valence-corrected chi connectivity index (χ4v) is 1.30. The van der Waals surface area contributed by atoms with Gasteiger partial charge in [0.25, 0.3) is 0 Å². The molecule has 0 amide bonds. The predicted molar refractivity (Wildman–Crippen MR) is 55.9 cm³/mol. The molecule has 0 atom stereocenters. The fourth-order valence-electron chi connectivity index (χ4n) is 1.30. The van der Waals surface area contributed by atoms with Crippen molar-refractivity contribution in [1.29, 1.82) is 0 Å². The monoisotopic (exact) mass is 211 g/mol. The zero-order valence-electron chi connectivity index (χ0n) is 9.66. The summed E-state index contributed by atoms with van der Waals surface area (Å²) in [6.07, 6.45) is 0.813. The van der Waals surface area contributed by atoms with E-state index >= 15 is 0 Å². The second-order valence-electron chi connectivity index (χ2n) is 3.80. The summed E-state index contributed by atoms with van der Waals surface area (Å²) in [6, 6.07) is 0. The molecule has 0 aliphatic rings. The molecule has 0 aliphatic heterocycles. The summed E-state index contributed by atoms with van der Waals surface area (Å²) < 4.78 is 10.2. The van der Waals surface area contributed by atoms with Crippen LogP contribution in [0.15, 0.2) is 4.52 Å². The summed E-state index contributed by atoms with van der Waals surface area (Å²) in [5, 5.41) is 3.79. The number of hydrogen-bond acceptors (Lipinski definition) is 4. The Morgan fingerprint density at radius 1 is 1.53 bits per heavy atom. The summed E-state index contributed by atoms with van der Waals surface area (Å²) in [5.74, 6) is 0.406. The Labute approximate surface area is 89.6 Å². The maximum atomic E-state index is 11.7. The van der Waals surface area contributed by atoms with Crippen molar-refractivity contribution in [3.05, 3.63) is 17.0 Å². The van der Waals surface area contributed by atoms with Crippen LogP contribution in [0, 0.1) is 6.92 Å². The van der Waals surface area contributed by atoms with Crippen LogP contribution in [0.1, 0.15) is 54.9 Å². The van der Waals surface area contributed by atoms with E-state index in [1.807, 2.05) is 20.8 Å². The minimum Gasteiger partial charge on any atom is -0.462 e. The highest BCUT2D eigenvalue weighted by Gasteiger charge is 2.23. The quantitative estimate of drug-likeness (QED) is 0.718. The van der Waals surface area contributed by atoms with E-state index < -0.39 is 0 Å². The van der Waals surface area contributed by atoms with E-state index in [9.17, 15) is 4.79 Å². The van der Waals surface area contributed by atoms with Gasteiger partial charge >= 0.3 is 5.97 Å². The first kappa shape index (κ1) is 11.8. The molecule has 0 fully saturated rings. The number of carbonyl (C=O) groups is 1. The van der Waals surface area contributed by atoms with Gasteiger partial charge in [0.2, 0.25) is 0 Å².